The number of rotatable bonds is 4. The molecule has 6 heteroatoms. The Bertz CT molecular complexity index is 984. The highest BCUT2D eigenvalue weighted by Crippen LogP contribution is 2.30. The molecule has 1 fully saturated rings. The van der Waals surface area contributed by atoms with Gasteiger partial charge in [0, 0.05) is 49.8 Å². The van der Waals surface area contributed by atoms with Gasteiger partial charge in [-0.1, -0.05) is 12.1 Å². The number of carbonyl (C=O) groups excluding carboxylic acids is 1. The molecule has 1 amide bonds. The van der Waals surface area contributed by atoms with Crippen molar-refractivity contribution in [1.29, 1.82) is 0 Å². The normalized spacial score (nSPS) is 20.4. The van der Waals surface area contributed by atoms with Gasteiger partial charge in [-0.3, -0.25) is 9.69 Å². The second kappa shape index (κ2) is 6.53. The molecule has 6 nitrogen and oxygen atoms in total. The third-order valence-electron chi connectivity index (χ3n) is 6.05. The molecule has 0 bridgehead atoms. The maximum Gasteiger partial charge on any atom is 0.230 e. The summed E-state index contributed by atoms with van der Waals surface area (Å²) < 4.78 is 2.02. The van der Waals surface area contributed by atoms with Gasteiger partial charge < -0.3 is 14.9 Å². The van der Waals surface area contributed by atoms with Crippen molar-refractivity contribution in [3.8, 4) is 0 Å². The summed E-state index contributed by atoms with van der Waals surface area (Å²) >= 11 is 0. The van der Waals surface area contributed by atoms with Crippen molar-refractivity contribution in [2.75, 3.05) is 6.54 Å². The van der Waals surface area contributed by atoms with Gasteiger partial charge in [-0.05, 0) is 37.0 Å². The van der Waals surface area contributed by atoms with Gasteiger partial charge in [0.25, 0.3) is 0 Å². The number of benzene rings is 1. The topological polar surface area (TPSA) is 66.0 Å². The minimum atomic E-state index is -0.160. The zero-order chi connectivity index (χ0) is 18.4. The number of carbonyl (C=O) groups is 1. The lowest BCUT2D eigenvalue weighted by Crippen LogP contribution is -2.46. The van der Waals surface area contributed by atoms with E-state index in [4.69, 9.17) is 0 Å². The summed E-state index contributed by atoms with van der Waals surface area (Å²) in [6, 6.07) is 8.85. The number of H-pyrrole nitrogens is 1. The molecule has 3 aromatic rings. The molecule has 0 saturated heterocycles. The van der Waals surface area contributed by atoms with E-state index in [0.717, 1.165) is 49.4 Å². The maximum absolute atomic E-state index is 13.0. The van der Waals surface area contributed by atoms with Crippen LogP contribution in [0.4, 0.5) is 0 Å². The third kappa shape index (κ3) is 2.94. The summed E-state index contributed by atoms with van der Waals surface area (Å²) in [5.74, 6) is -0.0126. The maximum atomic E-state index is 13.0. The number of imidazole rings is 1. The molecule has 0 spiro atoms. The summed E-state index contributed by atoms with van der Waals surface area (Å²) in [6.45, 7) is 2.33. The molecular weight excluding hydrogens is 338 g/mol. The fourth-order valence-corrected chi connectivity index (χ4v) is 4.39. The van der Waals surface area contributed by atoms with E-state index in [0.29, 0.717) is 6.04 Å². The van der Waals surface area contributed by atoms with Crippen LogP contribution >= 0.6 is 0 Å². The predicted octanol–water partition coefficient (Wildman–Crippen LogP) is 2.67. The van der Waals surface area contributed by atoms with E-state index in [2.05, 4.69) is 44.5 Å². The summed E-state index contributed by atoms with van der Waals surface area (Å²) in [6.07, 6.45) is 7.26. The quantitative estimate of drug-likeness (QED) is 0.749. The van der Waals surface area contributed by atoms with Crippen LogP contribution in [0.2, 0.25) is 0 Å². The Hall–Kier alpha value is -2.60. The summed E-state index contributed by atoms with van der Waals surface area (Å²) in [7, 11) is 1.99. The van der Waals surface area contributed by atoms with Crippen molar-refractivity contribution in [3.05, 3.63) is 53.7 Å². The van der Waals surface area contributed by atoms with E-state index in [9.17, 15) is 4.79 Å². The first-order valence-corrected chi connectivity index (χ1v) is 9.77. The second-order valence-electron chi connectivity index (χ2n) is 7.90. The highest BCUT2D eigenvalue weighted by Gasteiger charge is 2.35. The number of fused-ring (bicyclic) bond motifs is 2. The monoisotopic (exact) mass is 363 g/mol. The number of aromatic nitrogens is 3. The Kier molecular flexibility index (Phi) is 4.01. The zero-order valence-corrected chi connectivity index (χ0v) is 15.6. The summed E-state index contributed by atoms with van der Waals surface area (Å²) in [5.41, 5.74) is 4.54. The lowest BCUT2D eigenvalue weighted by atomic mass is 9.91. The van der Waals surface area contributed by atoms with Crippen LogP contribution in [0.25, 0.3) is 10.9 Å². The van der Waals surface area contributed by atoms with Crippen LogP contribution < -0.4 is 5.32 Å². The number of aromatic amines is 1. The van der Waals surface area contributed by atoms with Crippen molar-refractivity contribution < 1.29 is 4.79 Å². The van der Waals surface area contributed by atoms with Crippen molar-refractivity contribution in [2.24, 2.45) is 7.05 Å². The first-order valence-electron chi connectivity index (χ1n) is 9.77. The van der Waals surface area contributed by atoms with Crippen molar-refractivity contribution in [2.45, 2.75) is 44.3 Å². The number of hydrogen-bond acceptors (Lipinski definition) is 3. The second-order valence-corrected chi connectivity index (χ2v) is 7.90. The SMILES string of the molecule is Cn1cnc2c1[C@H](C(=O)NC1CCC1)CN(Cc1cccc3[nH]ccc13)C2. The molecule has 1 aliphatic heterocycles. The summed E-state index contributed by atoms with van der Waals surface area (Å²) in [4.78, 5) is 23.2. The number of nitrogens with one attached hydrogen (secondary N) is 2. The fourth-order valence-electron chi connectivity index (χ4n) is 4.39. The largest absolute Gasteiger partial charge is 0.361 e. The standard InChI is InChI=1S/C21H25N5O/c1-25-13-23-19-12-26(10-14-4-2-7-18-16(14)8-9-22-18)11-17(20(19)25)21(27)24-15-5-3-6-15/h2,4,7-9,13,15,17,22H,3,5-6,10-12H2,1H3,(H,24,27)/t17-/m1/s1. The number of aryl methyl sites for hydroxylation is 1. The molecule has 1 atom stereocenters. The number of amides is 1. The van der Waals surface area contributed by atoms with E-state index in [-0.39, 0.29) is 11.8 Å². The molecule has 1 aromatic carbocycles. The third-order valence-corrected chi connectivity index (χ3v) is 6.05. The van der Waals surface area contributed by atoms with Crippen molar-refractivity contribution in [3.63, 3.8) is 0 Å². The van der Waals surface area contributed by atoms with Gasteiger partial charge in [0.15, 0.2) is 0 Å². The van der Waals surface area contributed by atoms with E-state index >= 15 is 0 Å². The molecule has 2 aromatic heterocycles. The molecule has 140 valence electrons. The van der Waals surface area contributed by atoms with Gasteiger partial charge in [-0.25, -0.2) is 4.98 Å². The Morgan fingerprint density at radius 2 is 2.22 bits per heavy atom. The average Bonchev–Trinajstić information content (AvgIpc) is 3.25. The Balaban J connectivity index is 1.41. The van der Waals surface area contributed by atoms with Gasteiger partial charge in [-0.15, -0.1) is 0 Å². The van der Waals surface area contributed by atoms with Crippen LogP contribution in [0.3, 0.4) is 0 Å². The zero-order valence-electron chi connectivity index (χ0n) is 15.6. The molecule has 2 N–H and O–H groups in total. The molecular formula is C21H25N5O. The highest BCUT2D eigenvalue weighted by molar-refractivity contribution is 5.85. The smallest absolute Gasteiger partial charge is 0.230 e. The van der Waals surface area contributed by atoms with Crippen molar-refractivity contribution >= 4 is 16.8 Å². The van der Waals surface area contributed by atoms with E-state index in [1.54, 1.807) is 0 Å². The van der Waals surface area contributed by atoms with Crippen molar-refractivity contribution in [1.82, 2.24) is 24.8 Å². The average molecular weight is 363 g/mol. The molecule has 1 aliphatic carbocycles. The Morgan fingerprint density at radius 1 is 1.33 bits per heavy atom. The lowest BCUT2D eigenvalue weighted by molar-refractivity contribution is -0.124. The first kappa shape index (κ1) is 16.6. The minimum absolute atomic E-state index is 0.147. The van der Waals surface area contributed by atoms with E-state index in [1.165, 1.54) is 17.4 Å². The van der Waals surface area contributed by atoms with Gasteiger partial charge in [0.2, 0.25) is 5.91 Å². The minimum Gasteiger partial charge on any atom is -0.361 e. The molecule has 27 heavy (non-hydrogen) atoms. The Labute approximate surface area is 158 Å². The van der Waals surface area contributed by atoms with Crippen LogP contribution in [-0.2, 0) is 24.9 Å². The van der Waals surface area contributed by atoms with Gasteiger partial charge in [0.05, 0.1) is 23.6 Å². The lowest BCUT2D eigenvalue weighted by Gasteiger charge is -2.34. The van der Waals surface area contributed by atoms with E-state index < -0.39 is 0 Å². The number of nitrogens with zero attached hydrogens (tertiary/aromatic N) is 3. The Morgan fingerprint density at radius 3 is 3.04 bits per heavy atom. The van der Waals surface area contributed by atoms with Crippen LogP contribution in [0.5, 0.6) is 0 Å². The van der Waals surface area contributed by atoms with Crippen LogP contribution in [-0.4, -0.2) is 37.9 Å². The van der Waals surface area contributed by atoms with Gasteiger partial charge >= 0.3 is 0 Å². The predicted molar refractivity (Wildman–Crippen MR) is 104 cm³/mol. The van der Waals surface area contributed by atoms with Crippen LogP contribution in [0.15, 0.2) is 36.8 Å². The summed E-state index contributed by atoms with van der Waals surface area (Å²) in [5, 5.41) is 4.49. The van der Waals surface area contributed by atoms with Crippen LogP contribution in [0.1, 0.15) is 42.1 Å². The molecule has 5 rings (SSSR count). The van der Waals surface area contributed by atoms with Crippen LogP contribution in [0, 0.1) is 0 Å². The molecule has 0 unspecified atom stereocenters. The van der Waals surface area contributed by atoms with Gasteiger partial charge in [-0.2, -0.15) is 0 Å². The molecule has 2 aliphatic rings. The van der Waals surface area contributed by atoms with Gasteiger partial charge in [0.1, 0.15) is 0 Å². The molecule has 3 heterocycles. The fraction of sp³-hybridized carbons (Fsp3) is 0.429. The van der Waals surface area contributed by atoms with E-state index in [1.807, 2.05) is 24.1 Å². The molecule has 0 radical (unpaired) electrons. The highest BCUT2D eigenvalue weighted by atomic mass is 16.2. The molecule has 1 saturated carbocycles. The first-order chi connectivity index (χ1) is 13.2. The number of hydrogen-bond donors (Lipinski definition) is 2.